The first-order valence-corrected chi connectivity index (χ1v) is 8.95. The number of nitrogens with two attached hydrogens (primary N) is 2. The molecule has 1 aromatic carbocycles. The van der Waals surface area contributed by atoms with Gasteiger partial charge in [-0.2, -0.15) is 0 Å². The number of nitrogens with zero attached hydrogens (tertiary/aromatic N) is 3. The molecular weight excluding hydrogens is 331 g/mol. The summed E-state index contributed by atoms with van der Waals surface area (Å²) in [5.74, 6) is 0.443. The van der Waals surface area contributed by atoms with Gasteiger partial charge in [0, 0.05) is 17.5 Å². The molecule has 0 aliphatic heterocycles. The van der Waals surface area contributed by atoms with Gasteiger partial charge in [0.2, 0.25) is 0 Å². The van der Waals surface area contributed by atoms with Gasteiger partial charge in [0.1, 0.15) is 11.6 Å². The number of anilines is 3. The van der Waals surface area contributed by atoms with E-state index in [4.69, 9.17) is 16.5 Å². The fraction of sp³-hybridized carbons (Fsp3) is 0.368. The van der Waals surface area contributed by atoms with E-state index in [-0.39, 0.29) is 11.9 Å². The molecule has 0 atom stereocenters. The van der Waals surface area contributed by atoms with Crippen LogP contribution in [0.3, 0.4) is 0 Å². The maximum absolute atomic E-state index is 14.1. The van der Waals surface area contributed by atoms with E-state index in [1.54, 1.807) is 22.7 Å². The molecule has 5 N–H and O–H groups in total. The van der Waals surface area contributed by atoms with Crippen LogP contribution in [0.2, 0.25) is 0 Å². The summed E-state index contributed by atoms with van der Waals surface area (Å²) in [6.07, 6.45) is 5.99. The minimum Gasteiger partial charge on any atom is -0.382 e. The smallest absolute Gasteiger partial charge is 0.177 e. The highest BCUT2D eigenvalue weighted by Crippen LogP contribution is 2.34. The Morgan fingerprint density at radius 2 is 1.92 bits per heavy atom. The highest BCUT2D eigenvalue weighted by Gasteiger charge is 2.24. The Morgan fingerprint density at radius 1 is 1.19 bits per heavy atom. The van der Waals surface area contributed by atoms with Crippen molar-refractivity contribution in [2.75, 3.05) is 11.1 Å². The lowest BCUT2D eigenvalue weighted by atomic mass is 9.85. The van der Waals surface area contributed by atoms with Crippen molar-refractivity contribution in [1.29, 1.82) is 0 Å². The Labute approximate surface area is 151 Å². The van der Waals surface area contributed by atoms with E-state index in [0.29, 0.717) is 28.8 Å². The summed E-state index contributed by atoms with van der Waals surface area (Å²) in [7, 11) is 0. The van der Waals surface area contributed by atoms with Crippen molar-refractivity contribution in [3.8, 4) is 0 Å². The van der Waals surface area contributed by atoms with Crippen LogP contribution in [0.1, 0.15) is 42.9 Å². The zero-order chi connectivity index (χ0) is 18.3. The van der Waals surface area contributed by atoms with E-state index < -0.39 is 0 Å². The SMILES string of the molecule is Cc1c(N)nn2cc(C3CCC(N)CC3)nc2c1Nc1ccccc1F. The second kappa shape index (κ2) is 6.57. The Bertz CT molecular complexity index is 943. The lowest BCUT2D eigenvalue weighted by molar-refractivity contribution is 0.391. The molecule has 1 aliphatic rings. The van der Waals surface area contributed by atoms with Crippen LogP contribution in [0, 0.1) is 12.7 Å². The highest BCUT2D eigenvalue weighted by molar-refractivity contribution is 5.80. The number of nitrogens with one attached hydrogen (secondary N) is 1. The first-order chi connectivity index (χ1) is 12.5. The number of para-hydroxylation sites is 1. The normalized spacial score (nSPS) is 20.4. The molecule has 2 aromatic heterocycles. The summed E-state index contributed by atoms with van der Waals surface area (Å²) in [6, 6.07) is 6.84. The van der Waals surface area contributed by atoms with Crippen LogP contribution in [-0.4, -0.2) is 20.6 Å². The quantitative estimate of drug-likeness (QED) is 0.669. The van der Waals surface area contributed by atoms with Crippen LogP contribution in [-0.2, 0) is 0 Å². The molecule has 3 aromatic rings. The van der Waals surface area contributed by atoms with Crippen molar-refractivity contribution < 1.29 is 4.39 Å². The highest BCUT2D eigenvalue weighted by atomic mass is 19.1. The lowest BCUT2D eigenvalue weighted by Gasteiger charge is -2.24. The molecule has 0 amide bonds. The lowest BCUT2D eigenvalue weighted by Crippen LogP contribution is -2.25. The Hall–Kier alpha value is -2.67. The van der Waals surface area contributed by atoms with Crippen molar-refractivity contribution in [3.63, 3.8) is 0 Å². The van der Waals surface area contributed by atoms with Gasteiger partial charge < -0.3 is 16.8 Å². The third-order valence-electron chi connectivity index (χ3n) is 5.23. The van der Waals surface area contributed by atoms with E-state index in [1.165, 1.54) is 6.07 Å². The van der Waals surface area contributed by atoms with Crippen LogP contribution >= 0.6 is 0 Å². The second-order valence-corrected chi connectivity index (χ2v) is 7.04. The Morgan fingerprint density at radius 3 is 2.65 bits per heavy atom. The van der Waals surface area contributed by atoms with E-state index in [9.17, 15) is 4.39 Å². The van der Waals surface area contributed by atoms with Gasteiger partial charge in [-0.25, -0.2) is 13.9 Å². The van der Waals surface area contributed by atoms with E-state index >= 15 is 0 Å². The third-order valence-corrected chi connectivity index (χ3v) is 5.23. The molecule has 0 radical (unpaired) electrons. The molecule has 136 valence electrons. The average molecular weight is 354 g/mol. The molecule has 0 spiro atoms. The minimum absolute atomic E-state index is 0.289. The Balaban J connectivity index is 1.76. The molecular formula is C19H23FN6. The number of halogens is 1. The molecule has 4 rings (SSSR count). The number of nitrogen functional groups attached to an aromatic ring is 1. The van der Waals surface area contributed by atoms with Crippen molar-refractivity contribution in [1.82, 2.24) is 14.6 Å². The summed E-state index contributed by atoms with van der Waals surface area (Å²) in [6.45, 7) is 1.86. The summed E-state index contributed by atoms with van der Waals surface area (Å²) in [4.78, 5) is 4.81. The molecule has 0 unspecified atom stereocenters. The van der Waals surface area contributed by atoms with Crippen LogP contribution in [0.15, 0.2) is 30.5 Å². The van der Waals surface area contributed by atoms with Gasteiger partial charge in [-0.1, -0.05) is 12.1 Å². The number of hydrogen-bond acceptors (Lipinski definition) is 5. The molecule has 1 saturated carbocycles. The molecule has 1 fully saturated rings. The summed E-state index contributed by atoms with van der Waals surface area (Å²) >= 11 is 0. The summed E-state index contributed by atoms with van der Waals surface area (Å²) in [5.41, 5.74) is 15.6. The predicted molar refractivity (Wildman–Crippen MR) is 101 cm³/mol. The maximum atomic E-state index is 14.1. The third kappa shape index (κ3) is 2.99. The number of benzene rings is 1. The Kier molecular flexibility index (Phi) is 4.24. The molecule has 6 nitrogen and oxygen atoms in total. The van der Waals surface area contributed by atoms with Gasteiger partial charge in [0.15, 0.2) is 5.65 Å². The van der Waals surface area contributed by atoms with E-state index in [1.807, 2.05) is 13.1 Å². The summed E-state index contributed by atoms with van der Waals surface area (Å²) < 4.78 is 15.8. The minimum atomic E-state index is -0.325. The van der Waals surface area contributed by atoms with Crippen LogP contribution in [0.4, 0.5) is 21.6 Å². The summed E-state index contributed by atoms with van der Waals surface area (Å²) in [5, 5.41) is 7.55. The van der Waals surface area contributed by atoms with Gasteiger partial charge in [-0.15, -0.1) is 5.10 Å². The second-order valence-electron chi connectivity index (χ2n) is 7.04. The first kappa shape index (κ1) is 16.8. The maximum Gasteiger partial charge on any atom is 0.177 e. The fourth-order valence-corrected chi connectivity index (χ4v) is 3.58. The topological polar surface area (TPSA) is 94.3 Å². The van der Waals surface area contributed by atoms with E-state index in [2.05, 4.69) is 10.4 Å². The number of rotatable bonds is 3. The first-order valence-electron chi connectivity index (χ1n) is 8.95. The van der Waals surface area contributed by atoms with Crippen LogP contribution in [0.5, 0.6) is 0 Å². The standard InChI is InChI=1S/C19H23FN6/c1-11-17(23-15-5-3-2-4-14(15)20)19-24-16(10-26(19)25-18(11)22)12-6-8-13(21)9-7-12/h2-5,10,12-13,23H,6-9,21H2,1H3,(H2,22,25). The number of fused-ring (bicyclic) bond motifs is 1. The van der Waals surface area contributed by atoms with Crippen LogP contribution < -0.4 is 16.8 Å². The molecule has 2 heterocycles. The van der Waals surface area contributed by atoms with E-state index in [0.717, 1.165) is 36.9 Å². The van der Waals surface area contributed by atoms with Gasteiger partial charge in [0.05, 0.1) is 23.3 Å². The zero-order valence-corrected chi connectivity index (χ0v) is 14.7. The molecule has 26 heavy (non-hydrogen) atoms. The van der Waals surface area contributed by atoms with Gasteiger partial charge >= 0.3 is 0 Å². The van der Waals surface area contributed by atoms with Crippen LogP contribution in [0.25, 0.3) is 5.65 Å². The number of aromatic nitrogens is 3. The monoisotopic (exact) mass is 354 g/mol. The number of hydrogen-bond donors (Lipinski definition) is 3. The van der Waals surface area contributed by atoms with Crippen molar-refractivity contribution >= 4 is 22.8 Å². The number of imidazole rings is 1. The van der Waals surface area contributed by atoms with Gasteiger partial charge in [0.25, 0.3) is 0 Å². The largest absolute Gasteiger partial charge is 0.382 e. The fourth-order valence-electron chi connectivity index (χ4n) is 3.58. The van der Waals surface area contributed by atoms with Crippen molar-refractivity contribution in [3.05, 3.63) is 47.5 Å². The molecule has 1 aliphatic carbocycles. The van der Waals surface area contributed by atoms with Crippen molar-refractivity contribution in [2.24, 2.45) is 5.73 Å². The van der Waals surface area contributed by atoms with Gasteiger partial charge in [-0.3, -0.25) is 0 Å². The zero-order valence-electron chi connectivity index (χ0n) is 14.7. The predicted octanol–water partition coefficient (Wildman–Crippen LogP) is 3.49. The van der Waals surface area contributed by atoms with Crippen molar-refractivity contribution in [2.45, 2.75) is 44.6 Å². The molecule has 0 saturated heterocycles. The molecule has 7 heteroatoms. The molecule has 0 bridgehead atoms. The average Bonchev–Trinajstić information content (AvgIpc) is 3.04. The van der Waals surface area contributed by atoms with Gasteiger partial charge in [-0.05, 0) is 44.7 Å².